The van der Waals surface area contributed by atoms with Crippen LogP contribution in [0.25, 0.3) is 0 Å². The molecule has 16 heavy (non-hydrogen) atoms. The van der Waals surface area contributed by atoms with Gasteiger partial charge >= 0.3 is 0 Å². The van der Waals surface area contributed by atoms with Crippen molar-refractivity contribution in [1.29, 1.82) is 0 Å². The molecule has 0 aliphatic rings. The van der Waals surface area contributed by atoms with Crippen LogP contribution >= 0.6 is 0 Å². The van der Waals surface area contributed by atoms with Crippen LogP contribution < -0.4 is 5.73 Å². The van der Waals surface area contributed by atoms with Gasteiger partial charge in [0.15, 0.2) is 0 Å². The molecule has 0 aliphatic carbocycles. The van der Waals surface area contributed by atoms with Crippen molar-refractivity contribution in [3.63, 3.8) is 0 Å². The Morgan fingerprint density at radius 1 is 1.31 bits per heavy atom. The standard InChI is InChI=1S/C13H23N3/c1-4-16(5-2)7-6-13(14)12-8-11(3)9-15-10-12/h8-10,13H,4-7,14H2,1-3H3. The molecule has 0 amide bonds. The van der Waals surface area contributed by atoms with E-state index in [2.05, 4.69) is 29.8 Å². The fraction of sp³-hybridized carbons (Fsp3) is 0.615. The lowest BCUT2D eigenvalue weighted by atomic mass is 10.1. The Labute approximate surface area is 98.7 Å². The molecule has 0 radical (unpaired) electrons. The molecule has 3 nitrogen and oxygen atoms in total. The first-order valence-electron chi connectivity index (χ1n) is 6.06. The summed E-state index contributed by atoms with van der Waals surface area (Å²) >= 11 is 0. The molecule has 1 aromatic rings. The van der Waals surface area contributed by atoms with E-state index >= 15 is 0 Å². The number of hydrogen-bond donors (Lipinski definition) is 1. The third kappa shape index (κ3) is 3.91. The number of aromatic nitrogens is 1. The molecule has 1 rings (SSSR count). The highest BCUT2D eigenvalue weighted by atomic mass is 15.1. The van der Waals surface area contributed by atoms with Gasteiger partial charge < -0.3 is 10.6 Å². The number of hydrogen-bond acceptors (Lipinski definition) is 3. The fourth-order valence-electron chi connectivity index (χ4n) is 1.81. The van der Waals surface area contributed by atoms with E-state index in [1.54, 1.807) is 0 Å². The van der Waals surface area contributed by atoms with Crippen molar-refractivity contribution in [3.8, 4) is 0 Å². The second-order valence-electron chi connectivity index (χ2n) is 4.22. The molecule has 0 saturated heterocycles. The van der Waals surface area contributed by atoms with Gasteiger partial charge in [-0.1, -0.05) is 19.9 Å². The topological polar surface area (TPSA) is 42.1 Å². The first-order chi connectivity index (χ1) is 7.67. The fourth-order valence-corrected chi connectivity index (χ4v) is 1.81. The summed E-state index contributed by atoms with van der Waals surface area (Å²) in [6.45, 7) is 9.66. The molecule has 3 heteroatoms. The Bertz CT molecular complexity index is 308. The van der Waals surface area contributed by atoms with Crippen LogP contribution in [0.2, 0.25) is 0 Å². The van der Waals surface area contributed by atoms with Crippen molar-refractivity contribution in [3.05, 3.63) is 29.6 Å². The lowest BCUT2D eigenvalue weighted by Crippen LogP contribution is -2.27. The highest BCUT2D eigenvalue weighted by molar-refractivity contribution is 5.19. The maximum atomic E-state index is 6.15. The van der Waals surface area contributed by atoms with Gasteiger partial charge in [0.25, 0.3) is 0 Å². The van der Waals surface area contributed by atoms with Gasteiger partial charge in [0, 0.05) is 18.4 Å². The smallest absolute Gasteiger partial charge is 0.0322 e. The highest BCUT2D eigenvalue weighted by Crippen LogP contribution is 2.14. The van der Waals surface area contributed by atoms with Crippen LogP contribution in [0.5, 0.6) is 0 Å². The van der Waals surface area contributed by atoms with E-state index in [0.717, 1.165) is 31.6 Å². The zero-order chi connectivity index (χ0) is 12.0. The Morgan fingerprint density at radius 3 is 2.56 bits per heavy atom. The molecular formula is C13H23N3. The molecule has 0 aromatic carbocycles. The molecule has 0 bridgehead atoms. The molecule has 1 atom stereocenters. The Kier molecular flexibility index (Phi) is 5.43. The van der Waals surface area contributed by atoms with Crippen LogP contribution in [0.15, 0.2) is 18.5 Å². The van der Waals surface area contributed by atoms with Crippen molar-refractivity contribution in [1.82, 2.24) is 9.88 Å². The summed E-state index contributed by atoms with van der Waals surface area (Å²) in [7, 11) is 0. The predicted octanol–water partition coefficient (Wildman–Crippen LogP) is 2.12. The number of aryl methyl sites for hydroxylation is 1. The molecule has 1 heterocycles. The highest BCUT2D eigenvalue weighted by Gasteiger charge is 2.08. The maximum absolute atomic E-state index is 6.15. The number of nitrogens with zero attached hydrogens (tertiary/aromatic N) is 2. The Hall–Kier alpha value is -0.930. The zero-order valence-corrected chi connectivity index (χ0v) is 10.6. The lowest BCUT2D eigenvalue weighted by Gasteiger charge is -2.20. The zero-order valence-electron chi connectivity index (χ0n) is 10.6. The van der Waals surface area contributed by atoms with Crippen molar-refractivity contribution in [2.24, 2.45) is 5.73 Å². The summed E-state index contributed by atoms with van der Waals surface area (Å²) in [6, 6.07) is 2.23. The SMILES string of the molecule is CCN(CC)CCC(N)c1cncc(C)c1. The van der Waals surface area contributed by atoms with Gasteiger partial charge in [0.1, 0.15) is 0 Å². The van der Waals surface area contributed by atoms with Crippen LogP contribution in [0.3, 0.4) is 0 Å². The third-order valence-corrected chi connectivity index (χ3v) is 2.98. The molecule has 1 aromatic heterocycles. The van der Waals surface area contributed by atoms with Crippen molar-refractivity contribution < 1.29 is 0 Å². The average Bonchev–Trinajstić information content (AvgIpc) is 2.30. The van der Waals surface area contributed by atoms with E-state index < -0.39 is 0 Å². The number of nitrogens with two attached hydrogens (primary N) is 1. The normalized spacial score (nSPS) is 13.1. The van der Waals surface area contributed by atoms with Gasteiger partial charge in [-0.15, -0.1) is 0 Å². The van der Waals surface area contributed by atoms with Crippen LogP contribution in [0, 0.1) is 6.92 Å². The molecular weight excluding hydrogens is 198 g/mol. The van der Waals surface area contributed by atoms with Gasteiger partial charge in [0.05, 0.1) is 0 Å². The van der Waals surface area contributed by atoms with Gasteiger partial charge in [-0.3, -0.25) is 4.98 Å². The van der Waals surface area contributed by atoms with E-state index in [1.165, 1.54) is 5.56 Å². The summed E-state index contributed by atoms with van der Waals surface area (Å²) in [5.41, 5.74) is 8.48. The van der Waals surface area contributed by atoms with Gasteiger partial charge in [-0.05, 0) is 44.1 Å². The monoisotopic (exact) mass is 221 g/mol. The molecule has 0 fully saturated rings. The minimum Gasteiger partial charge on any atom is -0.324 e. The lowest BCUT2D eigenvalue weighted by molar-refractivity contribution is 0.291. The summed E-state index contributed by atoms with van der Waals surface area (Å²) < 4.78 is 0. The molecule has 0 aliphatic heterocycles. The van der Waals surface area contributed by atoms with Gasteiger partial charge in [-0.25, -0.2) is 0 Å². The van der Waals surface area contributed by atoms with Crippen molar-refractivity contribution in [2.45, 2.75) is 33.2 Å². The maximum Gasteiger partial charge on any atom is 0.0322 e. The molecule has 90 valence electrons. The summed E-state index contributed by atoms with van der Waals surface area (Å²) in [4.78, 5) is 6.57. The summed E-state index contributed by atoms with van der Waals surface area (Å²) in [5.74, 6) is 0. The van der Waals surface area contributed by atoms with Gasteiger partial charge in [0.2, 0.25) is 0 Å². The van der Waals surface area contributed by atoms with Crippen molar-refractivity contribution in [2.75, 3.05) is 19.6 Å². The minimum absolute atomic E-state index is 0.105. The van der Waals surface area contributed by atoms with E-state index in [-0.39, 0.29) is 6.04 Å². The van der Waals surface area contributed by atoms with Crippen LogP contribution in [-0.4, -0.2) is 29.5 Å². The average molecular weight is 221 g/mol. The second kappa shape index (κ2) is 6.61. The Morgan fingerprint density at radius 2 is 2.00 bits per heavy atom. The van der Waals surface area contributed by atoms with E-state index in [4.69, 9.17) is 5.73 Å². The van der Waals surface area contributed by atoms with Crippen LogP contribution in [-0.2, 0) is 0 Å². The van der Waals surface area contributed by atoms with Gasteiger partial charge in [-0.2, -0.15) is 0 Å². The van der Waals surface area contributed by atoms with Crippen molar-refractivity contribution >= 4 is 0 Å². The Balaban J connectivity index is 2.49. The first kappa shape index (κ1) is 13.1. The largest absolute Gasteiger partial charge is 0.324 e. The predicted molar refractivity (Wildman–Crippen MR) is 68.3 cm³/mol. The van der Waals surface area contributed by atoms with E-state index in [0.29, 0.717) is 0 Å². The third-order valence-electron chi connectivity index (χ3n) is 2.98. The molecule has 0 saturated carbocycles. The minimum atomic E-state index is 0.105. The number of rotatable bonds is 6. The van der Waals surface area contributed by atoms with E-state index in [1.807, 2.05) is 19.3 Å². The molecule has 2 N–H and O–H groups in total. The number of pyridine rings is 1. The second-order valence-corrected chi connectivity index (χ2v) is 4.22. The molecule has 1 unspecified atom stereocenters. The van der Waals surface area contributed by atoms with Crippen LogP contribution in [0.4, 0.5) is 0 Å². The van der Waals surface area contributed by atoms with Crippen LogP contribution in [0.1, 0.15) is 37.4 Å². The quantitative estimate of drug-likeness (QED) is 0.800. The summed E-state index contributed by atoms with van der Waals surface area (Å²) in [6.07, 6.45) is 4.73. The first-order valence-corrected chi connectivity index (χ1v) is 6.06. The summed E-state index contributed by atoms with van der Waals surface area (Å²) in [5, 5.41) is 0. The molecule has 0 spiro atoms. The van der Waals surface area contributed by atoms with E-state index in [9.17, 15) is 0 Å².